The van der Waals surface area contributed by atoms with Gasteiger partial charge < -0.3 is 9.47 Å². The topological polar surface area (TPSA) is 35.5 Å². The van der Waals surface area contributed by atoms with E-state index in [1.807, 2.05) is 0 Å². The number of carbonyl (C=O) groups is 1. The molecule has 3 nitrogen and oxygen atoms in total. The predicted molar refractivity (Wildman–Crippen MR) is 77.1 cm³/mol. The summed E-state index contributed by atoms with van der Waals surface area (Å²) in [7, 11) is 2.95. The van der Waals surface area contributed by atoms with E-state index in [0.717, 1.165) is 0 Å². The van der Waals surface area contributed by atoms with Gasteiger partial charge in [0.15, 0.2) is 0 Å². The maximum absolute atomic E-state index is 13.9. The minimum absolute atomic E-state index is 0.0287. The van der Waals surface area contributed by atoms with Crippen molar-refractivity contribution in [2.45, 2.75) is 0 Å². The second-order valence-corrected chi connectivity index (χ2v) is 4.85. The van der Waals surface area contributed by atoms with E-state index in [-0.39, 0.29) is 11.1 Å². The van der Waals surface area contributed by atoms with Gasteiger partial charge in [0, 0.05) is 4.47 Å². The largest absolute Gasteiger partial charge is 0.497 e. The van der Waals surface area contributed by atoms with Crippen LogP contribution in [-0.4, -0.2) is 20.0 Å². The summed E-state index contributed by atoms with van der Waals surface area (Å²) in [5.74, 6) is -0.187. The number of ketones is 1. The number of carbonyl (C=O) groups excluding carboxylic acids is 1. The Morgan fingerprint density at radius 1 is 1.15 bits per heavy atom. The fraction of sp³-hybridized carbons (Fsp3) is 0.133. The number of ether oxygens (including phenoxy) is 2. The van der Waals surface area contributed by atoms with Crippen LogP contribution in [0.15, 0.2) is 40.9 Å². The highest BCUT2D eigenvalue weighted by Gasteiger charge is 2.21. The van der Waals surface area contributed by atoms with Gasteiger partial charge in [0.1, 0.15) is 17.3 Å². The summed E-state index contributed by atoms with van der Waals surface area (Å²) < 4.78 is 24.5. The minimum Gasteiger partial charge on any atom is -0.497 e. The van der Waals surface area contributed by atoms with Gasteiger partial charge in [-0.25, -0.2) is 4.39 Å². The van der Waals surface area contributed by atoms with Gasteiger partial charge >= 0.3 is 0 Å². The fourth-order valence-corrected chi connectivity index (χ4v) is 2.36. The summed E-state index contributed by atoms with van der Waals surface area (Å²) >= 11 is 3.19. The van der Waals surface area contributed by atoms with E-state index in [2.05, 4.69) is 15.9 Å². The van der Waals surface area contributed by atoms with E-state index < -0.39 is 11.6 Å². The molecular weight excluding hydrogens is 327 g/mol. The predicted octanol–water partition coefficient (Wildman–Crippen LogP) is 3.84. The molecule has 0 aromatic heterocycles. The molecule has 0 aliphatic heterocycles. The Morgan fingerprint density at radius 3 is 2.50 bits per heavy atom. The Balaban J connectivity index is 2.58. The zero-order valence-electron chi connectivity index (χ0n) is 10.9. The van der Waals surface area contributed by atoms with Crippen molar-refractivity contribution in [1.82, 2.24) is 0 Å². The summed E-state index contributed by atoms with van der Waals surface area (Å²) in [6.07, 6.45) is 0. The van der Waals surface area contributed by atoms with Crippen LogP contribution in [0.25, 0.3) is 0 Å². The molecule has 0 heterocycles. The molecule has 2 aromatic carbocycles. The molecule has 2 rings (SSSR count). The summed E-state index contributed by atoms with van der Waals surface area (Å²) in [5, 5.41) is 0. The lowest BCUT2D eigenvalue weighted by atomic mass is 10.0. The Hall–Kier alpha value is -1.88. The molecule has 0 N–H and O–H groups in total. The van der Waals surface area contributed by atoms with Gasteiger partial charge in [-0.2, -0.15) is 0 Å². The number of rotatable bonds is 4. The van der Waals surface area contributed by atoms with Crippen molar-refractivity contribution >= 4 is 21.7 Å². The minimum atomic E-state index is -0.589. The van der Waals surface area contributed by atoms with Gasteiger partial charge in [-0.15, -0.1) is 0 Å². The van der Waals surface area contributed by atoms with Crippen LogP contribution in [0.5, 0.6) is 11.5 Å². The van der Waals surface area contributed by atoms with Crippen molar-refractivity contribution in [3.05, 3.63) is 57.8 Å². The van der Waals surface area contributed by atoms with Crippen LogP contribution in [0, 0.1) is 5.82 Å². The first-order valence-corrected chi connectivity index (χ1v) is 6.58. The molecule has 0 atom stereocenters. The summed E-state index contributed by atoms with van der Waals surface area (Å²) in [6, 6.07) is 9.19. The normalized spacial score (nSPS) is 10.2. The number of halogens is 2. The molecule has 2 aromatic rings. The molecule has 20 heavy (non-hydrogen) atoms. The van der Waals surface area contributed by atoms with Crippen molar-refractivity contribution in [1.29, 1.82) is 0 Å². The van der Waals surface area contributed by atoms with E-state index >= 15 is 0 Å². The molecular formula is C15H12BrFO3. The molecule has 0 aliphatic rings. The highest BCUT2D eigenvalue weighted by molar-refractivity contribution is 9.10. The quantitative estimate of drug-likeness (QED) is 0.794. The van der Waals surface area contributed by atoms with E-state index in [1.54, 1.807) is 18.2 Å². The van der Waals surface area contributed by atoms with Gasteiger partial charge in [-0.3, -0.25) is 4.79 Å². The molecule has 0 saturated heterocycles. The van der Waals surface area contributed by atoms with E-state index in [4.69, 9.17) is 9.47 Å². The maximum atomic E-state index is 13.9. The summed E-state index contributed by atoms with van der Waals surface area (Å²) in [5.41, 5.74) is 0.219. The van der Waals surface area contributed by atoms with Crippen molar-refractivity contribution in [2.24, 2.45) is 0 Å². The Bertz CT molecular complexity index is 635. The third-order valence-corrected chi connectivity index (χ3v) is 3.50. The van der Waals surface area contributed by atoms with Crippen LogP contribution in [0.4, 0.5) is 4.39 Å². The second-order valence-electron chi connectivity index (χ2n) is 3.99. The highest BCUT2D eigenvalue weighted by atomic mass is 79.9. The van der Waals surface area contributed by atoms with Gasteiger partial charge in [-0.1, -0.05) is 6.07 Å². The van der Waals surface area contributed by atoms with Crippen LogP contribution in [0.1, 0.15) is 15.9 Å². The Morgan fingerprint density at radius 2 is 1.90 bits per heavy atom. The molecule has 0 amide bonds. The Labute approximate surface area is 124 Å². The fourth-order valence-electron chi connectivity index (χ4n) is 1.84. The number of benzene rings is 2. The van der Waals surface area contributed by atoms with E-state index in [0.29, 0.717) is 16.0 Å². The first kappa shape index (κ1) is 14.5. The number of hydrogen-bond donors (Lipinski definition) is 0. The van der Waals surface area contributed by atoms with Crippen LogP contribution in [0.3, 0.4) is 0 Å². The number of hydrogen-bond acceptors (Lipinski definition) is 3. The average molecular weight is 339 g/mol. The monoisotopic (exact) mass is 338 g/mol. The van der Waals surface area contributed by atoms with Gasteiger partial charge in [0.2, 0.25) is 5.78 Å². The van der Waals surface area contributed by atoms with E-state index in [1.165, 1.54) is 32.4 Å². The van der Waals surface area contributed by atoms with Crippen LogP contribution >= 0.6 is 15.9 Å². The molecule has 0 aliphatic carbocycles. The summed E-state index contributed by atoms with van der Waals surface area (Å²) in [6.45, 7) is 0. The molecule has 104 valence electrons. The zero-order valence-corrected chi connectivity index (χ0v) is 12.5. The van der Waals surface area contributed by atoms with Crippen LogP contribution < -0.4 is 9.47 Å². The van der Waals surface area contributed by atoms with Gasteiger partial charge in [0.25, 0.3) is 0 Å². The van der Waals surface area contributed by atoms with Crippen LogP contribution in [0.2, 0.25) is 0 Å². The average Bonchev–Trinajstić information content (AvgIpc) is 2.46. The highest BCUT2D eigenvalue weighted by Crippen LogP contribution is 2.29. The SMILES string of the molecule is COc1ccc(OC)c(C(=O)c2c(F)cccc2Br)c1. The van der Waals surface area contributed by atoms with Crippen molar-refractivity contribution < 1.29 is 18.7 Å². The van der Waals surface area contributed by atoms with E-state index in [9.17, 15) is 9.18 Å². The third kappa shape index (κ3) is 2.67. The lowest BCUT2D eigenvalue weighted by molar-refractivity contribution is 0.103. The standard InChI is InChI=1S/C15H12BrFO3/c1-19-9-6-7-13(20-2)10(8-9)15(18)14-11(16)4-3-5-12(14)17/h3-8H,1-2H3. The molecule has 0 bridgehead atoms. The van der Waals surface area contributed by atoms with Crippen molar-refractivity contribution in [3.8, 4) is 11.5 Å². The molecule has 0 spiro atoms. The lowest BCUT2D eigenvalue weighted by Gasteiger charge is -2.11. The van der Waals surface area contributed by atoms with Gasteiger partial charge in [0.05, 0.1) is 25.3 Å². The van der Waals surface area contributed by atoms with Crippen molar-refractivity contribution in [2.75, 3.05) is 14.2 Å². The molecule has 5 heteroatoms. The summed E-state index contributed by atoms with van der Waals surface area (Å²) in [4.78, 5) is 12.5. The molecule has 0 unspecified atom stereocenters. The second kappa shape index (κ2) is 6.05. The van der Waals surface area contributed by atoms with Crippen molar-refractivity contribution in [3.63, 3.8) is 0 Å². The Kier molecular flexibility index (Phi) is 4.39. The van der Waals surface area contributed by atoms with Crippen LogP contribution in [-0.2, 0) is 0 Å². The van der Waals surface area contributed by atoms with Gasteiger partial charge in [-0.05, 0) is 46.3 Å². The smallest absolute Gasteiger partial charge is 0.200 e. The number of methoxy groups -OCH3 is 2. The zero-order chi connectivity index (χ0) is 14.7. The first-order valence-electron chi connectivity index (χ1n) is 5.79. The maximum Gasteiger partial charge on any atom is 0.200 e. The first-order chi connectivity index (χ1) is 9.58. The third-order valence-electron chi connectivity index (χ3n) is 2.84. The molecule has 0 saturated carbocycles. The lowest BCUT2D eigenvalue weighted by Crippen LogP contribution is -2.07. The molecule has 0 radical (unpaired) electrons. The molecule has 0 fully saturated rings.